The van der Waals surface area contributed by atoms with Crippen LogP contribution >= 0.6 is 0 Å². The van der Waals surface area contributed by atoms with E-state index in [2.05, 4.69) is 67.3 Å². The van der Waals surface area contributed by atoms with Gasteiger partial charge < -0.3 is 20.3 Å². The number of benzene rings is 1. The van der Waals surface area contributed by atoms with E-state index in [4.69, 9.17) is 4.74 Å². The van der Waals surface area contributed by atoms with Crippen molar-refractivity contribution in [2.45, 2.75) is 47.2 Å². The summed E-state index contributed by atoms with van der Waals surface area (Å²) in [4.78, 5) is 6.96. The molecule has 0 amide bonds. The predicted molar refractivity (Wildman–Crippen MR) is 103 cm³/mol. The lowest BCUT2D eigenvalue weighted by Gasteiger charge is -2.18. The first kappa shape index (κ1) is 20.3. The molecule has 5 nitrogen and oxygen atoms in total. The SMILES string of the molecule is CCNC(=NCc1ccc(OCCN(CC)CC)cc1)NC(C)C. The maximum Gasteiger partial charge on any atom is 0.191 e. The summed E-state index contributed by atoms with van der Waals surface area (Å²) >= 11 is 0. The molecule has 0 spiro atoms. The van der Waals surface area contributed by atoms with E-state index in [-0.39, 0.29) is 0 Å². The van der Waals surface area contributed by atoms with Gasteiger partial charge in [0, 0.05) is 19.1 Å². The van der Waals surface area contributed by atoms with Gasteiger partial charge in [-0.05, 0) is 51.6 Å². The minimum Gasteiger partial charge on any atom is -0.492 e. The highest BCUT2D eigenvalue weighted by Gasteiger charge is 2.01. The Morgan fingerprint density at radius 2 is 1.79 bits per heavy atom. The van der Waals surface area contributed by atoms with Crippen molar-refractivity contribution in [2.24, 2.45) is 4.99 Å². The molecule has 1 aromatic rings. The molecule has 136 valence electrons. The van der Waals surface area contributed by atoms with Crippen molar-refractivity contribution in [3.05, 3.63) is 29.8 Å². The minimum absolute atomic E-state index is 0.365. The fourth-order valence-electron chi connectivity index (χ4n) is 2.29. The Labute approximate surface area is 147 Å². The van der Waals surface area contributed by atoms with Crippen molar-refractivity contribution in [2.75, 3.05) is 32.8 Å². The summed E-state index contributed by atoms with van der Waals surface area (Å²) in [7, 11) is 0. The van der Waals surface area contributed by atoms with E-state index in [9.17, 15) is 0 Å². The lowest BCUT2D eigenvalue weighted by Crippen LogP contribution is -2.40. The van der Waals surface area contributed by atoms with Gasteiger partial charge in [-0.15, -0.1) is 0 Å². The van der Waals surface area contributed by atoms with Gasteiger partial charge in [0.25, 0.3) is 0 Å². The highest BCUT2D eigenvalue weighted by atomic mass is 16.5. The summed E-state index contributed by atoms with van der Waals surface area (Å²) in [5, 5.41) is 6.58. The van der Waals surface area contributed by atoms with Gasteiger partial charge in [0.15, 0.2) is 5.96 Å². The molecule has 0 saturated carbocycles. The Hall–Kier alpha value is -1.75. The second-order valence-electron chi connectivity index (χ2n) is 6.01. The summed E-state index contributed by atoms with van der Waals surface area (Å²) in [6, 6.07) is 8.57. The molecule has 5 heteroatoms. The molecule has 1 aromatic carbocycles. The van der Waals surface area contributed by atoms with Crippen LogP contribution in [0.5, 0.6) is 5.75 Å². The first-order valence-electron chi connectivity index (χ1n) is 9.07. The summed E-state index contributed by atoms with van der Waals surface area (Å²) in [5.41, 5.74) is 1.17. The molecule has 0 fully saturated rings. The number of nitrogens with zero attached hydrogens (tertiary/aromatic N) is 2. The van der Waals surface area contributed by atoms with E-state index < -0.39 is 0 Å². The van der Waals surface area contributed by atoms with Crippen molar-refractivity contribution in [1.82, 2.24) is 15.5 Å². The number of ether oxygens (including phenoxy) is 1. The molecule has 0 aromatic heterocycles. The molecule has 0 unspecified atom stereocenters. The number of aliphatic imine (C=N–C) groups is 1. The van der Waals surface area contributed by atoms with Crippen LogP contribution in [0.4, 0.5) is 0 Å². The first-order chi connectivity index (χ1) is 11.6. The van der Waals surface area contributed by atoms with Gasteiger partial charge >= 0.3 is 0 Å². The number of rotatable bonds is 10. The number of hydrogen-bond acceptors (Lipinski definition) is 3. The van der Waals surface area contributed by atoms with Gasteiger partial charge in [0.1, 0.15) is 12.4 Å². The summed E-state index contributed by atoms with van der Waals surface area (Å²) < 4.78 is 5.81. The molecule has 0 aliphatic carbocycles. The van der Waals surface area contributed by atoms with Crippen LogP contribution in [0.3, 0.4) is 0 Å². The number of nitrogens with one attached hydrogen (secondary N) is 2. The third-order valence-corrected chi connectivity index (χ3v) is 3.68. The minimum atomic E-state index is 0.365. The quantitative estimate of drug-likeness (QED) is 0.510. The lowest BCUT2D eigenvalue weighted by molar-refractivity contribution is 0.223. The van der Waals surface area contributed by atoms with Crippen LogP contribution in [0.15, 0.2) is 29.3 Å². The largest absolute Gasteiger partial charge is 0.492 e. The van der Waals surface area contributed by atoms with Gasteiger partial charge in [-0.2, -0.15) is 0 Å². The summed E-state index contributed by atoms with van der Waals surface area (Å²) in [6.07, 6.45) is 0. The van der Waals surface area contributed by atoms with Crippen LogP contribution in [0.2, 0.25) is 0 Å². The zero-order valence-corrected chi connectivity index (χ0v) is 15.9. The first-order valence-corrected chi connectivity index (χ1v) is 9.07. The van der Waals surface area contributed by atoms with E-state index in [1.54, 1.807) is 0 Å². The van der Waals surface area contributed by atoms with Gasteiger partial charge in [-0.25, -0.2) is 4.99 Å². The van der Waals surface area contributed by atoms with Crippen LogP contribution < -0.4 is 15.4 Å². The average molecular weight is 335 g/mol. The number of likely N-dealkylation sites (N-methyl/N-ethyl adjacent to an activating group) is 1. The Kier molecular flexibility index (Phi) is 9.92. The van der Waals surface area contributed by atoms with E-state index in [1.807, 2.05) is 12.1 Å². The second-order valence-corrected chi connectivity index (χ2v) is 6.01. The van der Waals surface area contributed by atoms with Gasteiger partial charge in [0.2, 0.25) is 0 Å². The Bertz CT molecular complexity index is 467. The molecule has 0 radical (unpaired) electrons. The van der Waals surface area contributed by atoms with E-state index in [0.717, 1.165) is 44.5 Å². The van der Waals surface area contributed by atoms with E-state index >= 15 is 0 Å². The fraction of sp³-hybridized carbons (Fsp3) is 0.632. The number of guanidine groups is 1. The molecule has 24 heavy (non-hydrogen) atoms. The molecule has 0 aliphatic heterocycles. The Morgan fingerprint density at radius 1 is 1.12 bits per heavy atom. The fourth-order valence-corrected chi connectivity index (χ4v) is 2.29. The molecule has 0 aliphatic rings. The number of hydrogen-bond donors (Lipinski definition) is 2. The standard InChI is InChI=1S/C19H34N4O/c1-6-20-19(22-16(4)5)21-15-17-9-11-18(12-10-17)24-14-13-23(7-2)8-3/h9-12,16H,6-8,13-15H2,1-5H3,(H2,20,21,22). The summed E-state index contributed by atoms with van der Waals surface area (Å²) in [6.45, 7) is 16.0. The third-order valence-electron chi connectivity index (χ3n) is 3.68. The third kappa shape index (κ3) is 8.20. The second kappa shape index (κ2) is 11.7. The van der Waals surface area contributed by atoms with E-state index in [1.165, 1.54) is 5.56 Å². The molecular weight excluding hydrogens is 300 g/mol. The zero-order valence-electron chi connectivity index (χ0n) is 15.9. The van der Waals surface area contributed by atoms with E-state index in [0.29, 0.717) is 12.6 Å². The maximum absolute atomic E-state index is 5.81. The lowest BCUT2D eigenvalue weighted by atomic mass is 10.2. The van der Waals surface area contributed by atoms with Crippen molar-refractivity contribution in [3.8, 4) is 5.75 Å². The summed E-state index contributed by atoms with van der Waals surface area (Å²) in [5.74, 6) is 1.77. The molecule has 0 saturated heterocycles. The molecule has 1 rings (SSSR count). The molecule has 0 bridgehead atoms. The average Bonchev–Trinajstić information content (AvgIpc) is 2.57. The highest BCUT2D eigenvalue weighted by molar-refractivity contribution is 5.79. The van der Waals surface area contributed by atoms with Crippen LogP contribution in [0.25, 0.3) is 0 Å². The normalized spacial score (nSPS) is 11.9. The molecule has 0 atom stereocenters. The highest BCUT2D eigenvalue weighted by Crippen LogP contribution is 2.13. The molecular formula is C19H34N4O. The van der Waals surface area contributed by atoms with Crippen molar-refractivity contribution < 1.29 is 4.74 Å². The molecule has 0 heterocycles. The van der Waals surface area contributed by atoms with Crippen LogP contribution in [0, 0.1) is 0 Å². The Balaban J connectivity index is 2.48. The van der Waals surface area contributed by atoms with Crippen LogP contribution in [-0.2, 0) is 6.54 Å². The Morgan fingerprint density at radius 3 is 2.33 bits per heavy atom. The predicted octanol–water partition coefficient (Wildman–Crippen LogP) is 2.87. The van der Waals surface area contributed by atoms with Crippen molar-refractivity contribution >= 4 is 5.96 Å². The van der Waals surface area contributed by atoms with Crippen molar-refractivity contribution in [1.29, 1.82) is 0 Å². The van der Waals surface area contributed by atoms with Crippen molar-refractivity contribution in [3.63, 3.8) is 0 Å². The monoisotopic (exact) mass is 334 g/mol. The molecule has 2 N–H and O–H groups in total. The zero-order chi connectivity index (χ0) is 17.8. The maximum atomic E-state index is 5.81. The van der Waals surface area contributed by atoms with Gasteiger partial charge in [-0.3, -0.25) is 0 Å². The van der Waals surface area contributed by atoms with Gasteiger partial charge in [0.05, 0.1) is 6.54 Å². The van der Waals surface area contributed by atoms with Gasteiger partial charge in [-0.1, -0.05) is 26.0 Å². The van der Waals surface area contributed by atoms with Crippen LogP contribution in [-0.4, -0.2) is 49.7 Å². The van der Waals surface area contributed by atoms with Crippen LogP contribution in [0.1, 0.15) is 40.2 Å². The smallest absolute Gasteiger partial charge is 0.191 e. The topological polar surface area (TPSA) is 48.9 Å².